The summed E-state index contributed by atoms with van der Waals surface area (Å²) in [5.41, 5.74) is 1.20. The predicted octanol–water partition coefficient (Wildman–Crippen LogP) is 3.23. The van der Waals surface area contributed by atoms with Crippen LogP contribution in [0.4, 0.5) is 0 Å². The van der Waals surface area contributed by atoms with Crippen molar-refractivity contribution in [2.24, 2.45) is 11.8 Å². The summed E-state index contributed by atoms with van der Waals surface area (Å²) < 4.78 is 0. The van der Waals surface area contributed by atoms with E-state index in [-0.39, 0.29) is 5.91 Å². The van der Waals surface area contributed by atoms with Gasteiger partial charge in [0, 0.05) is 58.8 Å². The van der Waals surface area contributed by atoms with Crippen molar-refractivity contribution in [1.82, 2.24) is 14.7 Å². The molecule has 0 aromatic heterocycles. The maximum absolute atomic E-state index is 12.6. The second kappa shape index (κ2) is 8.74. The fraction of sp³-hybridized carbons (Fsp3) is 0.696. The van der Waals surface area contributed by atoms with Crippen LogP contribution in [-0.4, -0.2) is 66.4 Å². The zero-order valence-electron chi connectivity index (χ0n) is 16.9. The average molecular weight is 370 g/mol. The minimum absolute atomic E-state index is 0.266. The van der Waals surface area contributed by atoms with Crippen molar-refractivity contribution in [3.8, 4) is 0 Å². The van der Waals surface area contributed by atoms with Crippen LogP contribution < -0.4 is 0 Å². The lowest BCUT2D eigenvalue weighted by Gasteiger charge is -2.40. The van der Waals surface area contributed by atoms with Gasteiger partial charge in [-0.3, -0.25) is 9.69 Å². The Bertz CT molecular complexity index is 615. The lowest BCUT2D eigenvalue weighted by molar-refractivity contribution is -0.130. The molecular weight excluding hydrogens is 334 g/mol. The highest BCUT2D eigenvalue weighted by Crippen LogP contribution is 2.33. The van der Waals surface area contributed by atoms with E-state index >= 15 is 0 Å². The Hall–Kier alpha value is -1.39. The van der Waals surface area contributed by atoms with Crippen molar-refractivity contribution < 1.29 is 4.79 Å². The van der Waals surface area contributed by atoms with E-state index in [9.17, 15) is 4.79 Å². The first-order valence-corrected chi connectivity index (χ1v) is 10.9. The van der Waals surface area contributed by atoms with E-state index in [0.717, 1.165) is 24.4 Å². The van der Waals surface area contributed by atoms with Crippen LogP contribution in [0, 0.1) is 11.8 Å². The van der Waals surface area contributed by atoms with Crippen LogP contribution in [0.15, 0.2) is 30.3 Å². The number of amides is 1. The smallest absolute Gasteiger partial charge is 0.223 e. The van der Waals surface area contributed by atoms with Gasteiger partial charge in [-0.1, -0.05) is 36.8 Å². The molecule has 5 rings (SSSR count). The topological polar surface area (TPSA) is 26.8 Å². The summed E-state index contributed by atoms with van der Waals surface area (Å²) in [5.74, 6) is 2.04. The van der Waals surface area contributed by atoms with Gasteiger partial charge in [0.05, 0.1) is 0 Å². The molecule has 1 amide bonds. The Morgan fingerprint density at radius 3 is 2.63 bits per heavy atom. The van der Waals surface area contributed by atoms with Crippen LogP contribution in [0.2, 0.25) is 0 Å². The van der Waals surface area contributed by atoms with Crippen LogP contribution >= 0.6 is 0 Å². The van der Waals surface area contributed by atoms with Crippen molar-refractivity contribution >= 4 is 5.91 Å². The average Bonchev–Trinajstić information content (AvgIpc) is 2.94. The number of carbonyl (C=O) groups is 1. The number of rotatable bonds is 7. The third-order valence-electron chi connectivity index (χ3n) is 6.95. The van der Waals surface area contributed by atoms with E-state index in [1.165, 1.54) is 63.8 Å². The number of fused-ring (bicyclic) bond motifs is 4. The first-order chi connectivity index (χ1) is 13.2. The van der Waals surface area contributed by atoms with E-state index < -0.39 is 0 Å². The molecule has 0 spiro atoms. The second-order valence-corrected chi connectivity index (χ2v) is 9.09. The minimum Gasteiger partial charge on any atom is -0.341 e. The molecule has 0 radical (unpaired) electrons. The van der Waals surface area contributed by atoms with Crippen molar-refractivity contribution in [2.45, 2.75) is 51.1 Å². The molecule has 3 saturated heterocycles. The highest BCUT2D eigenvalue weighted by Gasteiger charge is 2.36. The summed E-state index contributed by atoms with van der Waals surface area (Å²) >= 11 is 0. The third kappa shape index (κ3) is 4.91. The predicted molar refractivity (Wildman–Crippen MR) is 109 cm³/mol. The molecule has 4 aliphatic rings. The van der Waals surface area contributed by atoms with Gasteiger partial charge in [0.1, 0.15) is 0 Å². The van der Waals surface area contributed by atoms with Gasteiger partial charge >= 0.3 is 0 Å². The third-order valence-corrected chi connectivity index (χ3v) is 6.95. The molecule has 27 heavy (non-hydrogen) atoms. The molecule has 1 aliphatic carbocycles. The van der Waals surface area contributed by atoms with Gasteiger partial charge in [-0.05, 0) is 43.1 Å². The number of hydrogen-bond acceptors (Lipinski definition) is 3. The molecule has 4 heteroatoms. The van der Waals surface area contributed by atoms with Crippen LogP contribution in [0.3, 0.4) is 0 Å². The van der Waals surface area contributed by atoms with Gasteiger partial charge < -0.3 is 9.80 Å². The van der Waals surface area contributed by atoms with Gasteiger partial charge in [0.2, 0.25) is 5.91 Å². The summed E-state index contributed by atoms with van der Waals surface area (Å²) in [5, 5.41) is 0. The number of piperidine rings is 1. The van der Waals surface area contributed by atoms with Gasteiger partial charge in [0.15, 0.2) is 0 Å². The SMILES string of the molecule is CN(Cc1ccccc1)C(=O)CCN1C[C@@H]2CC[C@H](C1)N(CC1CCC1)C2. The molecule has 4 nitrogen and oxygen atoms in total. The van der Waals surface area contributed by atoms with Crippen molar-refractivity contribution in [3.63, 3.8) is 0 Å². The highest BCUT2D eigenvalue weighted by molar-refractivity contribution is 5.76. The fourth-order valence-corrected chi connectivity index (χ4v) is 5.08. The van der Waals surface area contributed by atoms with E-state index in [0.29, 0.717) is 13.0 Å². The zero-order chi connectivity index (χ0) is 18.6. The molecule has 4 fully saturated rings. The van der Waals surface area contributed by atoms with Gasteiger partial charge in [-0.25, -0.2) is 0 Å². The van der Waals surface area contributed by atoms with Crippen LogP contribution in [0.5, 0.6) is 0 Å². The fourth-order valence-electron chi connectivity index (χ4n) is 5.08. The Morgan fingerprint density at radius 2 is 1.89 bits per heavy atom. The summed E-state index contributed by atoms with van der Waals surface area (Å²) in [6, 6.07) is 11.0. The number of carbonyl (C=O) groups excluding carboxylic acids is 1. The monoisotopic (exact) mass is 369 g/mol. The van der Waals surface area contributed by atoms with Crippen molar-refractivity contribution in [3.05, 3.63) is 35.9 Å². The maximum atomic E-state index is 12.6. The molecule has 148 valence electrons. The highest BCUT2D eigenvalue weighted by atomic mass is 16.2. The first kappa shape index (κ1) is 18.9. The standard InChI is InChI=1S/C23H35N3O/c1-24(14-19-6-3-2-4-7-19)23(27)12-13-25-15-21-10-11-22(18-25)26(17-21)16-20-8-5-9-20/h2-4,6-7,20-22H,5,8-18H2,1H3/t21-,22+/m0/s1. The molecule has 1 aromatic rings. The summed E-state index contributed by atoms with van der Waals surface area (Å²) in [6.45, 7) is 6.60. The normalized spacial score (nSPS) is 26.6. The molecule has 1 saturated carbocycles. The number of hydrogen-bond donors (Lipinski definition) is 0. The van der Waals surface area contributed by atoms with Gasteiger partial charge in [-0.15, -0.1) is 0 Å². The Kier molecular flexibility index (Phi) is 6.14. The molecule has 1 aromatic carbocycles. The lowest BCUT2D eigenvalue weighted by Crippen LogP contribution is -2.47. The molecule has 2 bridgehead atoms. The Labute approximate surface area is 164 Å². The Balaban J connectivity index is 1.25. The molecular formula is C23H35N3O. The molecule has 0 unspecified atom stereocenters. The van der Waals surface area contributed by atoms with E-state index in [1.807, 2.05) is 30.1 Å². The van der Waals surface area contributed by atoms with Crippen LogP contribution in [-0.2, 0) is 11.3 Å². The summed E-state index contributed by atoms with van der Waals surface area (Å²) in [6.07, 6.45) is 7.71. The van der Waals surface area contributed by atoms with Crippen LogP contribution in [0.1, 0.15) is 44.1 Å². The van der Waals surface area contributed by atoms with E-state index in [1.54, 1.807) is 0 Å². The van der Waals surface area contributed by atoms with Crippen molar-refractivity contribution in [2.75, 3.05) is 39.8 Å². The lowest BCUT2D eigenvalue weighted by atomic mass is 9.83. The van der Waals surface area contributed by atoms with Crippen molar-refractivity contribution in [1.29, 1.82) is 0 Å². The summed E-state index contributed by atoms with van der Waals surface area (Å²) in [7, 11) is 1.93. The van der Waals surface area contributed by atoms with Gasteiger partial charge in [-0.2, -0.15) is 0 Å². The number of benzene rings is 1. The first-order valence-electron chi connectivity index (χ1n) is 10.9. The maximum Gasteiger partial charge on any atom is 0.223 e. The zero-order valence-corrected chi connectivity index (χ0v) is 16.9. The Morgan fingerprint density at radius 1 is 1.07 bits per heavy atom. The number of nitrogens with zero attached hydrogens (tertiary/aromatic N) is 3. The van der Waals surface area contributed by atoms with E-state index in [4.69, 9.17) is 0 Å². The summed E-state index contributed by atoms with van der Waals surface area (Å²) in [4.78, 5) is 19.9. The quantitative estimate of drug-likeness (QED) is 0.738. The van der Waals surface area contributed by atoms with E-state index in [2.05, 4.69) is 21.9 Å². The molecule has 3 heterocycles. The second-order valence-electron chi connectivity index (χ2n) is 9.09. The molecule has 0 N–H and O–H groups in total. The largest absolute Gasteiger partial charge is 0.341 e. The molecule has 3 aliphatic heterocycles. The molecule has 2 atom stereocenters. The van der Waals surface area contributed by atoms with Gasteiger partial charge in [0.25, 0.3) is 0 Å². The minimum atomic E-state index is 0.266. The van der Waals surface area contributed by atoms with Crippen LogP contribution in [0.25, 0.3) is 0 Å².